The molecule has 9 heteroatoms. The average molecular weight is 376 g/mol. The highest BCUT2D eigenvalue weighted by Gasteiger charge is 2.30. The highest BCUT2D eigenvalue weighted by atomic mass is 32.1. The first-order valence-corrected chi connectivity index (χ1v) is 9.33. The number of methoxy groups -OCH3 is 1. The summed E-state index contributed by atoms with van der Waals surface area (Å²) in [4.78, 5) is 33.4. The van der Waals surface area contributed by atoms with E-state index >= 15 is 0 Å². The second-order valence-electron chi connectivity index (χ2n) is 6.13. The molecule has 1 fully saturated rings. The minimum atomic E-state index is -0.640. The van der Waals surface area contributed by atoms with Crippen LogP contribution in [0.2, 0.25) is 0 Å². The molecular formula is C17H20N4O4S. The summed E-state index contributed by atoms with van der Waals surface area (Å²) in [6.07, 6.45) is 4.13. The number of nitrogens with zero attached hydrogens (tertiary/aromatic N) is 4. The van der Waals surface area contributed by atoms with Gasteiger partial charge in [0.1, 0.15) is 0 Å². The summed E-state index contributed by atoms with van der Waals surface area (Å²) in [6.45, 7) is 3.39. The minimum absolute atomic E-state index is 0.0732. The van der Waals surface area contributed by atoms with E-state index in [1.54, 1.807) is 11.3 Å². The fourth-order valence-corrected chi connectivity index (χ4v) is 4.13. The van der Waals surface area contributed by atoms with Gasteiger partial charge >= 0.3 is 11.7 Å². The molecule has 2 aromatic rings. The van der Waals surface area contributed by atoms with Crippen molar-refractivity contribution in [3.05, 3.63) is 44.0 Å². The van der Waals surface area contributed by atoms with Crippen molar-refractivity contribution in [3.63, 3.8) is 0 Å². The number of nitro groups is 1. The highest BCUT2D eigenvalue weighted by Crippen LogP contribution is 2.34. The number of pyridine rings is 1. The Bertz CT molecular complexity index is 823. The van der Waals surface area contributed by atoms with Gasteiger partial charge in [-0.15, -0.1) is 11.3 Å². The van der Waals surface area contributed by atoms with Crippen LogP contribution in [0.1, 0.15) is 46.7 Å². The van der Waals surface area contributed by atoms with Crippen LogP contribution < -0.4 is 4.90 Å². The Labute approximate surface area is 155 Å². The molecule has 0 aliphatic carbocycles. The number of hydrogen-bond acceptors (Lipinski definition) is 8. The lowest BCUT2D eigenvalue weighted by Crippen LogP contribution is -2.35. The number of anilines is 1. The molecular weight excluding hydrogens is 356 g/mol. The van der Waals surface area contributed by atoms with Crippen molar-refractivity contribution in [2.24, 2.45) is 0 Å². The normalized spacial score (nSPS) is 17.2. The van der Waals surface area contributed by atoms with Gasteiger partial charge in [-0.05, 0) is 19.3 Å². The maximum Gasteiger partial charge on any atom is 0.339 e. The third-order valence-electron chi connectivity index (χ3n) is 4.47. The van der Waals surface area contributed by atoms with E-state index in [4.69, 9.17) is 0 Å². The van der Waals surface area contributed by atoms with Crippen LogP contribution in [-0.4, -0.2) is 41.1 Å². The van der Waals surface area contributed by atoms with Gasteiger partial charge in [0.2, 0.25) is 5.82 Å². The first-order valence-electron chi connectivity index (χ1n) is 8.45. The number of carbonyl (C=O) groups is 1. The zero-order valence-corrected chi connectivity index (χ0v) is 15.5. The minimum Gasteiger partial charge on any atom is -0.465 e. The summed E-state index contributed by atoms with van der Waals surface area (Å²) in [5, 5.41) is 14.6. The molecule has 3 rings (SSSR count). The molecule has 1 aliphatic rings. The van der Waals surface area contributed by atoms with Crippen molar-refractivity contribution in [3.8, 4) is 0 Å². The number of aromatic nitrogens is 2. The third-order valence-corrected chi connectivity index (χ3v) is 5.52. The van der Waals surface area contributed by atoms with Gasteiger partial charge in [-0.1, -0.05) is 6.92 Å². The molecule has 26 heavy (non-hydrogen) atoms. The molecule has 8 nitrogen and oxygen atoms in total. The van der Waals surface area contributed by atoms with E-state index in [0.717, 1.165) is 30.0 Å². The lowest BCUT2D eigenvalue weighted by atomic mass is 9.98. The molecule has 1 aliphatic heterocycles. The zero-order chi connectivity index (χ0) is 18.7. The van der Waals surface area contributed by atoms with E-state index in [1.807, 2.05) is 4.90 Å². The molecule has 0 spiro atoms. The molecule has 1 saturated heterocycles. The van der Waals surface area contributed by atoms with E-state index in [1.165, 1.54) is 19.4 Å². The number of aryl methyl sites for hydroxylation is 1. The topological polar surface area (TPSA) is 98.5 Å². The Morgan fingerprint density at radius 2 is 2.35 bits per heavy atom. The van der Waals surface area contributed by atoms with E-state index in [9.17, 15) is 14.9 Å². The number of rotatable bonds is 5. The Morgan fingerprint density at radius 1 is 1.54 bits per heavy atom. The monoisotopic (exact) mass is 376 g/mol. The molecule has 1 unspecified atom stereocenters. The van der Waals surface area contributed by atoms with E-state index in [2.05, 4.69) is 27.0 Å². The predicted molar refractivity (Wildman–Crippen MR) is 97.9 cm³/mol. The molecule has 0 radical (unpaired) electrons. The van der Waals surface area contributed by atoms with Crippen LogP contribution in [0.15, 0.2) is 17.6 Å². The first kappa shape index (κ1) is 18.2. The van der Waals surface area contributed by atoms with Crippen molar-refractivity contribution in [1.29, 1.82) is 0 Å². The van der Waals surface area contributed by atoms with Crippen LogP contribution in [0, 0.1) is 10.1 Å². The van der Waals surface area contributed by atoms with Crippen molar-refractivity contribution < 1.29 is 14.5 Å². The van der Waals surface area contributed by atoms with Gasteiger partial charge < -0.3 is 9.64 Å². The van der Waals surface area contributed by atoms with E-state index in [0.29, 0.717) is 18.9 Å². The summed E-state index contributed by atoms with van der Waals surface area (Å²) in [5.41, 5.74) is 0.972. The lowest BCUT2D eigenvalue weighted by Gasteiger charge is -2.32. The van der Waals surface area contributed by atoms with Crippen molar-refractivity contribution in [1.82, 2.24) is 9.97 Å². The molecule has 0 amide bonds. The van der Waals surface area contributed by atoms with Gasteiger partial charge in [0.05, 0.1) is 28.3 Å². The van der Waals surface area contributed by atoms with E-state index < -0.39 is 10.9 Å². The van der Waals surface area contributed by atoms with Crippen molar-refractivity contribution in [2.45, 2.75) is 32.1 Å². The summed E-state index contributed by atoms with van der Waals surface area (Å²) >= 11 is 1.64. The van der Waals surface area contributed by atoms with Crippen LogP contribution in [-0.2, 0) is 11.2 Å². The SMILES string of the molecule is CCc1csc(C2CCCN(c3ncc(C(=O)OC)cc3[N+](=O)[O-])C2)n1. The van der Waals surface area contributed by atoms with Gasteiger partial charge in [0, 0.05) is 36.7 Å². The summed E-state index contributed by atoms with van der Waals surface area (Å²) in [7, 11) is 1.23. The zero-order valence-electron chi connectivity index (χ0n) is 14.7. The van der Waals surface area contributed by atoms with Crippen LogP contribution in [0.5, 0.6) is 0 Å². The van der Waals surface area contributed by atoms with Gasteiger partial charge in [-0.3, -0.25) is 10.1 Å². The van der Waals surface area contributed by atoms with E-state index in [-0.39, 0.29) is 17.2 Å². The second kappa shape index (κ2) is 7.77. The Morgan fingerprint density at radius 3 is 3.00 bits per heavy atom. The molecule has 1 atom stereocenters. The molecule has 0 saturated carbocycles. The van der Waals surface area contributed by atoms with Crippen LogP contribution >= 0.6 is 11.3 Å². The number of carbonyl (C=O) groups excluding carboxylic acids is 1. The summed E-state index contributed by atoms with van der Waals surface area (Å²) in [6, 6.07) is 1.23. The lowest BCUT2D eigenvalue weighted by molar-refractivity contribution is -0.384. The highest BCUT2D eigenvalue weighted by molar-refractivity contribution is 7.09. The van der Waals surface area contributed by atoms with Crippen LogP contribution in [0.25, 0.3) is 0 Å². The Hall–Kier alpha value is -2.55. The fourth-order valence-electron chi connectivity index (χ4n) is 3.10. The van der Waals surface area contributed by atoms with Gasteiger partial charge in [0.15, 0.2) is 0 Å². The quantitative estimate of drug-likeness (QED) is 0.449. The largest absolute Gasteiger partial charge is 0.465 e. The summed E-state index contributed by atoms with van der Waals surface area (Å²) in [5.74, 6) is -0.117. The van der Waals surface area contributed by atoms with Crippen molar-refractivity contribution in [2.75, 3.05) is 25.1 Å². The smallest absolute Gasteiger partial charge is 0.339 e. The predicted octanol–water partition coefficient (Wildman–Crippen LogP) is 3.18. The van der Waals surface area contributed by atoms with Gasteiger partial charge in [-0.2, -0.15) is 0 Å². The first-order chi connectivity index (χ1) is 12.5. The van der Waals surface area contributed by atoms with Gasteiger partial charge in [0.25, 0.3) is 0 Å². The molecule has 0 aromatic carbocycles. The Balaban J connectivity index is 1.87. The average Bonchev–Trinajstić information content (AvgIpc) is 3.16. The maximum absolute atomic E-state index is 11.6. The number of thiazole rings is 1. The third kappa shape index (κ3) is 3.67. The molecule has 0 bridgehead atoms. The number of piperidine rings is 1. The maximum atomic E-state index is 11.6. The molecule has 3 heterocycles. The molecule has 2 aromatic heterocycles. The number of ether oxygens (including phenoxy) is 1. The fraction of sp³-hybridized carbons (Fsp3) is 0.471. The van der Waals surface area contributed by atoms with Crippen molar-refractivity contribution >= 4 is 28.8 Å². The second-order valence-corrected chi connectivity index (χ2v) is 7.02. The molecule has 0 N–H and O–H groups in total. The Kier molecular flexibility index (Phi) is 5.46. The number of esters is 1. The van der Waals surface area contributed by atoms with Crippen LogP contribution in [0.3, 0.4) is 0 Å². The van der Waals surface area contributed by atoms with Gasteiger partial charge in [-0.25, -0.2) is 14.8 Å². The summed E-state index contributed by atoms with van der Waals surface area (Å²) < 4.78 is 4.62. The van der Waals surface area contributed by atoms with Crippen LogP contribution in [0.4, 0.5) is 11.5 Å². The number of hydrogen-bond donors (Lipinski definition) is 0. The molecule has 138 valence electrons. The standard InChI is InChI=1S/C17H20N4O4S/c1-3-13-10-26-16(19-13)11-5-4-6-20(9-11)15-14(21(23)24)7-12(8-18-15)17(22)25-2/h7-8,10-11H,3-6,9H2,1-2H3.